The summed E-state index contributed by atoms with van der Waals surface area (Å²) in [4.78, 5) is 38.0. The van der Waals surface area contributed by atoms with Crippen LogP contribution in [0.25, 0.3) is 0 Å². The Hall–Kier alpha value is -2.63. The molecule has 0 aromatic rings. The molecule has 354 valence electrons. The van der Waals surface area contributed by atoms with Crippen LogP contribution >= 0.6 is 0 Å². The van der Waals surface area contributed by atoms with Crippen molar-refractivity contribution in [3.05, 3.63) is 48.6 Å². The molecule has 0 spiro atoms. The minimum Gasteiger partial charge on any atom is -0.462 e. The van der Waals surface area contributed by atoms with Crippen molar-refractivity contribution in [1.29, 1.82) is 0 Å². The molecule has 61 heavy (non-hydrogen) atoms. The Labute approximate surface area is 378 Å². The molecule has 0 N–H and O–H groups in total. The lowest BCUT2D eigenvalue weighted by molar-refractivity contribution is -0.167. The highest BCUT2D eigenvalue weighted by Gasteiger charge is 2.19. The average molecular weight is 855 g/mol. The van der Waals surface area contributed by atoms with Gasteiger partial charge in [0.05, 0.1) is 0 Å². The maximum Gasteiger partial charge on any atom is 0.306 e. The van der Waals surface area contributed by atoms with Crippen LogP contribution in [-0.2, 0) is 28.6 Å². The zero-order valence-corrected chi connectivity index (χ0v) is 40.4. The van der Waals surface area contributed by atoms with Gasteiger partial charge in [0.25, 0.3) is 0 Å². The number of carbonyl (C=O) groups is 3. The molecule has 0 aromatic heterocycles. The summed E-state index contributed by atoms with van der Waals surface area (Å²) in [5, 5.41) is 0. The first-order valence-electron chi connectivity index (χ1n) is 26.2. The van der Waals surface area contributed by atoms with Crippen LogP contribution in [0.5, 0.6) is 0 Å². The van der Waals surface area contributed by atoms with Gasteiger partial charge in [-0.15, -0.1) is 0 Å². The van der Waals surface area contributed by atoms with Crippen LogP contribution in [0.3, 0.4) is 0 Å². The van der Waals surface area contributed by atoms with Gasteiger partial charge >= 0.3 is 17.9 Å². The number of ether oxygens (including phenoxy) is 3. The van der Waals surface area contributed by atoms with E-state index in [0.29, 0.717) is 19.3 Å². The summed E-state index contributed by atoms with van der Waals surface area (Å²) in [6.45, 7) is 6.49. The molecule has 0 aliphatic heterocycles. The molecule has 0 rings (SSSR count). The maximum absolute atomic E-state index is 12.8. The molecule has 0 fully saturated rings. The fourth-order valence-corrected chi connectivity index (χ4v) is 7.51. The van der Waals surface area contributed by atoms with Crippen molar-refractivity contribution in [2.75, 3.05) is 13.2 Å². The zero-order chi connectivity index (χ0) is 44.4. The van der Waals surface area contributed by atoms with Gasteiger partial charge in [-0.05, 0) is 38.5 Å². The minimum absolute atomic E-state index is 0.0819. The topological polar surface area (TPSA) is 78.9 Å². The second kappa shape index (κ2) is 50.0. The quantitative estimate of drug-likeness (QED) is 0.0263. The molecule has 1 unspecified atom stereocenters. The lowest BCUT2D eigenvalue weighted by Crippen LogP contribution is -2.30. The predicted molar refractivity (Wildman–Crippen MR) is 261 cm³/mol. The van der Waals surface area contributed by atoms with E-state index in [-0.39, 0.29) is 31.1 Å². The standard InChI is InChI=1S/C55H98O6/c1-4-7-10-13-16-19-22-25-27-28-31-33-36-39-42-45-48-54(57)60-51-52(50-59-53(56)47-44-41-38-35-32-29-24-21-18-15-12-9-6-3)61-55(58)49-46-43-40-37-34-30-26-23-20-17-14-11-8-5-2/h9,12,15,18,21,24,29,32,52H,4-8,10-11,13-14,16-17,19-20,22-23,25-28,30-31,33-51H2,1-3H3/b12-9+,18-15+,24-21+,32-29+. The average Bonchev–Trinajstić information content (AvgIpc) is 3.26. The van der Waals surface area contributed by atoms with E-state index < -0.39 is 6.10 Å². The number of unbranched alkanes of at least 4 members (excludes halogenated alkanes) is 31. The molecule has 6 heteroatoms. The lowest BCUT2D eigenvalue weighted by Gasteiger charge is -2.18. The molecule has 0 radical (unpaired) electrons. The predicted octanol–water partition coefficient (Wildman–Crippen LogP) is 17.1. The third-order valence-electron chi connectivity index (χ3n) is 11.4. The van der Waals surface area contributed by atoms with Gasteiger partial charge in [0.2, 0.25) is 0 Å². The molecule has 0 aliphatic carbocycles. The summed E-state index contributed by atoms with van der Waals surface area (Å²) in [7, 11) is 0. The van der Waals surface area contributed by atoms with Gasteiger partial charge in [-0.1, -0.05) is 256 Å². The Morgan fingerprint density at radius 2 is 0.639 bits per heavy atom. The number of hydrogen-bond acceptors (Lipinski definition) is 6. The highest BCUT2D eigenvalue weighted by molar-refractivity contribution is 5.71. The number of esters is 3. The minimum atomic E-state index is -0.784. The summed E-state index contributed by atoms with van der Waals surface area (Å²) in [6.07, 6.45) is 59.5. The number of carbonyl (C=O) groups excluding carboxylic acids is 3. The van der Waals surface area contributed by atoms with E-state index in [1.165, 1.54) is 154 Å². The smallest absolute Gasteiger partial charge is 0.306 e. The van der Waals surface area contributed by atoms with Gasteiger partial charge in [-0.2, -0.15) is 0 Å². The van der Waals surface area contributed by atoms with Crippen molar-refractivity contribution in [3.63, 3.8) is 0 Å². The second-order valence-electron chi connectivity index (χ2n) is 17.5. The van der Waals surface area contributed by atoms with E-state index in [0.717, 1.165) is 70.6 Å². The number of allylic oxidation sites excluding steroid dienone is 8. The Bertz CT molecular complexity index is 1070. The van der Waals surface area contributed by atoms with Crippen molar-refractivity contribution >= 4 is 17.9 Å². The first-order chi connectivity index (χ1) is 30.0. The molecular formula is C55H98O6. The number of rotatable bonds is 47. The molecular weight excluding hydrogens is 757 g/mol. The molecule has 0 heterocycles. The maximum atomic E-state index is 12.8. The third-order valence-corrected chi connectivity index (χ3v) is 11.4. The highest BCUT2D eigenvalue weighted by atomic mass is 16.6. The van der Waals surface area contributed by atoms with Crippen LogP contribution in [0, 0.1) is 0 Å². The van der Waals surface area contributed by atoms with Crippen LogP contribution in [-0.4, -0.2) is 37.2 Å². The second-order valence-corrected chi connectivity index (χ2v) is 17.5. The fraction of sp³-hybridized carbons (Fsp3) is 0.800. The molecule has 0 saturated heterocycles. The SMILES string of the molecule is CC/C=C/C=C/C=C/C=C/CCCCCC(=O)OCC(COC(=O)CCCCCCCCCCCCCCCCCC)OC(=O)CCCCCCCCCCCCCCCC. The first kappa shape index (κ1) is 58.4. The van der Waals surface area contributed by atoms with E-state index in [9.17, 15) is 14.4 Å². The summed E-state index contributed by atoms with van der Waals surface area (Å²) in [5.74, 6) is -0.911. The monoisotopic (exact) mass is 855 g/mol. The van der Waals surface area contributed by atoms with Crippen molar-refractivity contribution in [3.8, 4) is 0 Å². The third kappa shape index (κ3) is 48.3. The van der Waals surface area contributed by atoms with Crippen molar-refractivity contribution in [1.82, 2.24) is 0 Å². The molecule has 1 atom stereocenters. The Morgan fingerprint density at radius 3 is 1.00 bits per heavy atom. The van der Waals surface area contributed by atoms with Crippen LogP contribution < -0.4 is 0 Å². The van der Waals surface area contributed by atoms with Crippen LogP contribution in [0.1, 0.15) is 265 Å². The van der Waals surface area contributed by atoms with E-state index in [1.807, 2.05) is 30.4 Å². The summed E-state index contributed by atoms with van der Waals surface area (Å²) >= 11 is 0. The van der Waals surface area contributed by atoms with Gasteiger partial charge in [0.15, 0.2) is 6.10 Å². The highest BCUT2D eigenvalue weighted by Crippen LogP contribution is 2.16. The number of hydrogen-bond donors (Lipinski definition) is 0. The summed E-state index contributed by atoms with van der Waals surface area (Å²) in [5.41, 5.74) is 0. The molecule has 0 saturated carbocycles. The summed E-state index contributed by atoms with van der Waals surface area (Å²) < 4.78 is 16.8. The van der Waals surface area contributed by atoms with Crippen LogP contribution in [0.4, 0.5) is 0 Å². The van der Waals surface area contributed by atoms with Crippen molar-refractivity contribution < 1.29 is 28.6 Å². The van der Waals surface area contributed by atoms with Gasteiger partial charge in [0, 0.05) is 19.3 Å². The van der Waals surface area contributed by atoms with E-state index in [1.54, 1.807) is 0 Å². The lowest BCUT2D eigenvalue weighted by atomic mass is 10.0. The Balaban J connectivity index is 4.38. The zero-order valence-electron chi connectivity index (χ0n) is 40.4. The van der Waals surface area contributed by atoms with Crippen LogP contribution in [0.15, 0.2) is 48.6 Å². The van der Waals surface area contributed by atoms with Gasteiger partial charge < -0.3 is 14.2 Å². The Kier molecular flexibility index (Phi) is 47.9. The van der Waals surface area contributed by atoms with Crippen molar-refractivity contribution in [2.45, 2.75) is 271 Å². The molecule has 0 aromatic carbocycles. The molecule has 0 aliphatic rings. The van der Waals surface area contributed by atoms with E-state index in [2.05, 4.69) is 39.0 Å². The normalized spacial score (nSPS) is 12.4. The summed E-state index contributed by atoms with van der Waals surface area (Å²) in [6, 6.07) is 0. The fourth-order valence-electron chi connectivity index (χ4n) is 7.51. The van der Waals surface area contributed by atoms with Gasteiger partial charge in [-0.25, -0.2) is 0 Å². The van der Waals surface area contributed by atoms with Crippen molar-refractivity contribution in [2.24, 2.45) is 0 Å². The molecule has 0 bridgehead atoms. The first-order valence-corrected chi connectivity index (χ1v) is 26.2. The van der Waals surface area contributed by atoms with Gasteiger partial charge in [-0.3, -0.25) is 14.4 Å². The largest absolute Gasteiger partial charge is 0.462 e. The molecule has 6 nitrogen and oxygen atoms in total. The van der Waals surface area contributed by atoms with E-state index >= 15 is 0 Å². The van der Waals surface area contributed by atoms with E-state index in [4.69, 9.17) is 14.2 Å². The van der Waals surface area contributed by atoms with Crippen LogP contribution in [0.2, 0.25) is 0 Å². The van der Waals surface area contributed by atoms with Gasteiger partial charge in [0.1, 0.15) is 13.2 Å². The Morgan fingerprint density at radius 1 is 0.344 bits per heavy atom. The molecule has 0 amide bonds.